The van der Waals surface area contributed by atoms with E-state index in [1.54, 1.807) is 22.7 Å². The van der Waals surface area contributed by atoms with Crippen LogP contribution < -0.4 is 0 Å². The van der Waals surface area contributed by atoms with Gasteiger partial charge in [-0.15, -0.1) is 22.7 Å². The fraction of sp³-hybridized carbons (Fsp3) is 0.526. The number of halogens is 1. The van der Waals surface area contributed by atoms with Crippen LogP contribution in [0.1, 0.15) is 72.8 Å². The molecule has 2 aromatic heterocycles. The minimum absolute atomic E-state index is 0.869. The van der Waals surface area contributed by atoms with Gasteiger partial charge in [-0.3, -0.25) is 4.79 Å². The van der Waals surface area contributed by atoms with Crippen LogP contribution in [-0.4, -0.2) is 6.29 Å². The Hall–Kier alpha value is -0.450. The zero-order valence-corrected chi connectivity index (χ0v) is 17.0. The van der Waals surface area contributed by atoms with Gasteiger partial charge in [0.1, 0.15) is 0 Å². The summed E-state index contributed by atoms with van der Waals surface area (Å²) in [6.45, 7) is 2.26. The van der Waals surface area contributed by atoms with E-state index in [1.807, 2.05) is 6.07 Å². The maximum absolute atomic E-state index is 11.3. The summed E-state index contributed by atoms with van der Waals surface area (Å²) in [5, 5.41) is 0. The molecule has 2 aromatic rings. The van der Waals surface area contributed by atoms with E-state index in [4.69, 9.17) is 0 Å². The van der Waals surface area contributed by atoms with Gasteiger partial charge < -0.3 is 0 Å². The summed E-state index contributed by atoms with van der Waals surface area (Å²) in [4.78, 5) is 14.7. The predicted octanol–water partition coefficient (Wildman–Crippen LogP) is 7.73. The van der Waals surface area contributed by atoms with Crippen LogP contribution >= 0.6 is 38.6 Å². The number of aldehydes is 1. The molecule has 4 heteroatoms. The average Bonchev–Trinajstić information content (AvgIpc) is 3.15. The van der Waals surface area contributed by atoms with Crippen LogP contribution in [0.3, 0.4) is 0 Å². The summed E-state index contributed by atoms with van der Waals surface area (Å²) >= 11 is 6.85. The molecule has 0 N–H and O–H groups in total. The first-order chi connectivity index (χ1) is 11.2. The highest BCUT2D eigenvalue weighted by Gasteiger charge is 2.12. The fourth-order valence-corrected chi connectivity index (χ4v) is 5.27. The van der Waals surface area contributed by atoms with Crippen LogP contribution in [0.2, 0.25) is 0 Å². The van der Waals surface area contributed by atoms with E-state index in [2.05, 4.69) is 35.0 Å². The Balaban J connectivity index is 1.78. The van der Waals surface area contributed by atoms with Gasteiger partial charge in [0.15, 0.2) is 6.29 Å². The van der Waals surface area contributed by atoms with Gasteiger partial charge in [0.25, 0.3) is 0 Å². The lowest BCUT2D eigenvalue weighted by Gasteiger charge is -2.00. The molecule has 0 atom stereocenters. The third-order valence-corrected chi connectivity index (χ3v) is 6.81. The van der Waals surface area contributed by atoms with Gasteiger partial charge in [-0.2, -0.15) is 0 Å². The van der Waals surface area contributed by atoms with Crippen molar-refractivity contribution in [2.75, 3.05) is 0 Å². The largest absolute Gasteiger partial charge is 0.297 e. The second-order valence-corrected chi connectivity index (χ2v) is 9.57. The number of carbonyl (C=O) groups is 1. The molecule has 23 heavy (non-hydrogen) atoms. The van der Waals surface area contributed by atoms with Crippen molar-refractivity contribution in [3.05, 3.63) is 31.7 Å². The molecule has 1 nitrogen and oxygen atoms in total. The zero-order valence-electron chi connectivity index (χ0n) is 13.8. The molecule has 0 fully saturated rings. The molecule has 0 amide bonds. The molecule has 0 saturated carbocycles. The molecule has 0 spiro atoms. The molecular weight excluding hydrogens is 388 g/mol. The summed E-state index contributed by atoms with van der Waals surface area (Å²) in [5.41, 5.74) is 1.11. The Morgan fingerprint density at radius 2 is 1.70 bits per heavy atom. The van der Waals surface area contributed by atoms with E-state index in [9.17, 15) is 4.79 Å². The van der Waals surface area contributed by atoms with Crippen molar-refractivity contribution in [2.45, 2.75) is 64.7 Å². The van der Waals surface area contributed by atoms with Crippen molar-refractivity contribution in [2.24, 2.45) is 0 Å². The molecule has 0 aliphatic heterocycles. The van der Waals surface area contributed by atoms with E-state index < -0.39 is 0 Å². The Morgan fingerprint density at radius 3 is 2.30 bits per heavy atom. The van der Waals surface area contributed by atoms with Gasteiger partial charge >= 0.3 is 0 Å². The van der Waals surface area contributed by atoms with Crippen molar-refractivity contribution < 1.29 is 4.79 Å². The van der Waals surface area contributed by atoms with Crippen molar-refractivity contribution >= 4 is 44.9 Å². The smallest absolute Gasteiger partial charge is 0.160 e. The number of rotatable bonds is 11. The molecule has 0 unspecified atom stereocenters. The summed E-state index contributed by atoms with van der Waals surface area (Å²) in [7, 11) is 0. The molecular formula is C19H25BrOS2. The first kappa shape index (κ1) is 18.9. The van der Waals surface area contributed by atoms with Crippen LogP contribution in [0.15, 0.2) is 22.0 Å². The first-order valence-corrected chi connectivity index (χ1v) is 11.0. The lowest BCUT2D eigenvalue weighted by Crippen LogP contribution is -1.83. The second-order valence-electron chi connectivity index (χ2n) is 5.94. The lowest BCUT2D eigenvalue weighted by molar-refractivity contribution is 0.112. The highest BCUT2D eigenvalue weighted by molar-refractivity contribution is 9.11. The zero-order chi connectivity index (χ0) is 16.5. The van der Waals surface area contributed by atoms with Crippen LogP contribution in [-0.2, 0) is 6.42 Å². The minimum Gasteiger partial charge on any atom is -0.297 e. The maximum atomic E-state index is 11.3. The number of carbonyl (C=O) groups excluding carboxylic acids is 1. The number of hydrogen-bond donors (Lipinski definition) is 0. The Kier molecular flexibility index (Phi) is 8.56. The van der Waals surface area contributed by atoms with E-state index in [0.717, 1.165) is 26.9 Å². The number of hydrogen-bond acceptors (Lipinski definition) is 3. The predicted molar refractivity (Wildman–Crippen MR) is 107 cm³/mol. The van der Waals surface area contributed by atoms with E-state index in [0.29, 0.717) is 0 Å². The summed E-state index contributed by atoms with van der Waals surface area (Å²) in [6.07, 6.45) is 12.9. The normalized spacial score (nSPS) is 11.0. The van der Waals surface area contributed by atoms with Crippen LogP contribution in [0.25, 0.3) is 10.4 Å². The first-order valence-electron chi connectivity index (χ1n) is 8.58. The van der Waals surface area contributed by atoms with Gasteiger partial charge in [-0.25, -0.2) is 0 Å². The molecule has 2 rings (SSSR count). The van der Waals surface area contributed by atoms with Crippen molar-refractivity contribution in [3.8, 4) is 10.4 Å². The second kappa shape index (κ2) is 10.4. The Bertz CT molecular complexity index is 600. The lowest BCUT2D eigenvalue weighted by atomic mass is 10.1. The van der Waals surface area contributed by atoms with Crippen LogP contribution in [0.5, 0.6) is 0 Å². The molecule has 0 aromatic carbocycles. The molecule has 0 bridgehead atoms. The van der Waals surface area contributed by atoms with Gasteiger partial charge in [0, 0.05) is 15.3 Å². The standard InChI is InChI=1S/C19H25BrOS2/c1-2-3-4-5-6-7-8-9-10-15-13-16(18(14-21)22-15)17-11-12-19(20)23-17/h11-14H,2-10H2,1H3. The number of aryl methyl sites for hydroxylation is 1. The SMILES string of the molecule is CCCCCCCCCCc1cc(-c2ccc(Br)s2)c(C=O)s1. The van der Waals surface area contributed by atoms with Crippen LogP contribution in [0, 0.1) is 0 Å². The minimum atomic E-state index is 0.869. The summed E-state index contributed by atoms with van der Waals surface area (Å²) in [5.74, 6) is 0. The number of thiophene rings is 2. The van der Waals surface area contributed by atoms with E-state index >= 15 is 0 Å². The molecule has 126 valence electrons. The maximum Gasteiger partial charge on any atom is 0.160 e. The third kappa shape index (κ3) is 6.17. The quantitative estimate of drug-likeness (QED) is 0.272. The van der Waals surface area contributed by atoms with Gasteiger partial charge in [0.2, 0.25) is 0 Å². The van der Waals surface area contributed by atoms with Gasteiger partial charge in [0.05, 0.1) is 8.66 Å². The number of unbranched alkanes of at least 4 members (excludes halogenated alkanes) is 7. The Labute approximate surface area is 156 Å². The van der Waals surface area contributed by atoms with E-state index in [1.165, 1.54) is 61.1 Å². The molecule has 0 aliphatic carbocycles. The van der Waals surface area contributed by atoms with Gasteiger partial charge in [-0.1, -0.05) is 51.9 Å². The van der Waals surface area contributed by atoms with Crippen LogP contribution in [0.4, 0.5) is 0 Å². The van der Waals surface area contributed by atoms with Crippen molar-refractivity contribution in [1.29, 1.82) is 0 Å². The third-order valence-electron chi connectivity index (χ3n) is 4.03. The molecule has 0 aliphatic rings. The fourth-order valence-electron chi connectivity index (χ4n) is 2.75. The van der Waals surface area contributed by atoms with E-state index in [-0.39, 0.29) is 0 Å². The summed E-state index contributed by atoms with van der Waals surface area (Å²) in [6, 6.07) is 6.35. The van der Waals surface area contributed by atoms with Crippen molar-refractivity contribution in [1.82, 2.24) is 0 Å². The topological polar surface area (TPSA) is 17.1 Å². The van der Waals surface area contributed by atoms with Gasteiger partial charge in [-0.05, 0) is 47.0 Å². The Morgan fingerprint density at radius 1 is 1.00 bits per heavy atom. The van der Waals surface area contributed by atoms with Crippen molar-refractivity contribution in [3.63, 3.8) is 0 Å². The summed E-state index contributed by atoms with van der Waals surface area (Å²) < 4.78 is 1.11. The monoisotopic (exact) mass is 412 g/mol. The molecule has 0 saturated heterocycles. The highest BCUT2D eigenvalue weighted by atomic mass is 79.9. The molecule has 0 radical (unpaired) electrons. The highest BCUT2D eigenvalue weighted by Crippen LogP contribution is 2.37. The molecule has 2 heterocycles. The average molecular weight is 413 g/mol.